The van der Waals surface area contributed by atoms with Gasteiger partial charge in [-0.25, -0.2) is 18.7 Å². The molecule has 0 aliphatic carbocycles. The van der Waals surface area contributed by atoms with Gasteiger partial charge in [0.25, 0.3) is 5.91 Å². The van der Waals surface area contributed by atoms with Crippen LogP contribution in [-0.2, 0) is 12.7 Å². The van der Waals surface area contributed by atoms with Crippen LogP contribution in [-0.4, -0.2) is 51.7 Å². The van der Waals surface area contributed by atoms with Crippen molar-refractivity contribution < 1.29 is 22.4 Å². The lowest BCUT2D eigenvalue weighted by atomic mass is 10.1. The van der Waals surface area contributed by atoms with Crippen LogP contribution in [0.2, 0.25) is 0 Å². The predicted molar refractivity (Wildman–Crippen MR) is 104 cm³/mol. The Morgan fingerprint density at radius 2 is 2.21 bits per heavy atom. The number of thiophene rings is 1. The van der Waals surface area contributed by atoms with Crippen LogP contribution in [0.5, 0.6) is 0 Å². The summed E-state index contributed by atoms with van der Waals surface area (Å²) in [5, 5.41) is 5.47. The van der Waals surface area contributed by atoms with E-state index in [1.165, 1.54) is 18.0 Å². The summed E-state index contributed by atoms with van der Waals surface area (Å²) in [6.45, 7) is 1.16. The number of carbonyl (C=O) groups excluding carboxylic acids is 1. The van der Waals surface area contributed by atoms with Gasteiger partial charge < -0.3 is 10.6 Å². The van der Waals surface area contributed by atoms with Gasteiger partial charge in [-0.2, -0.15) is 13.2 Å². The Kier molecular flexibility index (Phi) is 5.42. The van der Waals surface area contributed by atoms with Crippen molar-refractivity contribution in [3.05, 3.63) is 28.3 Å². The molecule has 29 heavy (non-hydrogen) atoms. The Labute approximate surface area is 172 Å². The number of nitrogens with one attached hydrogen (secondary N) is 2. The number of nitrogens with zero attached hydrogens (tertiary/aromatic N) is 3. The van der Waals surface area contributed by atoms with Crippen LogP contribution in [0.3, 0.4) is 0 Å². The monoisotopic (exact) mass is 447 g/mol. The van der Waals surface area contributed by atoms with E-state index in [1.807, 2.05) is 10.6 Å². The van der Waals surface area contributed by atoms with E-state index in [-0.39, 0.29) is 35.5 Å². The smallest absolute Gasteiger partial charge is 0.348 e. The van der Waals surface area contributed by atoms with Crippen molar-refractivity contribution in [3.8, 4) is 10.6 Å². The molecule has 0 aromatic carbocycles. The van der Waals surface area contributed by atoms with Crippen LogP contribution < -0.4 is 10.6 Å². The first-order valence-electron chi connectivity index (χ1n) is 8.81. The highest BCUT2D eigenvalue weighted by Crippen LogP contribution is 2.40. The molecule has 1 fully saturated rings. The van der Waals surface area contributed by atoms with Crippen molar-refractivity contribution in [2.45, 2.75) is 31.4 Å². The van der Waals surface area contributed by atoms with Gasteiger partial charge in [0.15, 0.2) is 0 Å². The third-order valence-electron chi connectivity index (χ3n) is 4.87. The molecule has 0 saturated carbocycles. The van der Waals surface area contributed by atoms with Gasteiger partial charge >= 0.3 is 6.18 Å². The number of piperidine rings is 1. The van der Waals surface area contributed by atoms with Gasteiger partial charge in [0, 0.05) is 24.2 Å². The first-order chi connectivity index (χ1) is 13.8. The zero-order valence-electron chi connectivity index (χ0n) is 15.2. The van der Waals surface area contributed by atoms with E-state index in [1.54, 1.807) is 0 Å². The van der Waals surface area contributed by atoms with Crippen LogP contribution in [0.1, 0.15) is 27.2 Å². The second-order valence-electron chi connectivity index (χ2n) is 6.71. The van der Waals surface area contributed by atoms with Crippen molar-refractivity contribution >= 4 is 35.1 Å². The normalized spacial score (nSPS) is 22.4. The summed E-state index contributed by atoms with van der Waals surface area (Å²) >= 11 is 2.53. The predicted octanol–water partition coefficient (Wildman–Crippen LogP) is 3.57. The fourth-order valence-electron chi connectivity index (χ4n) is 3.34. The lowest BCUT2D eigenvalue weighted by Gasteiger charge is -2.33. The first-order valence-corrected chi connectivity index (χ1v) is 10.8. The summed E-state index contributed by atoms with van der Waals surface area (Å²) in [6.07, 6.45) is -2.80. The highest BCUT2D eigenvalue weighted by atomic mass is 32.2. The number of fused-ring (bicyclic) bond motifs is 1. The van der Waals surface area contributed by atoms with E-state index in [9.17, 15) is 22.4 Å². The average Bonchev–Trinajstić information content (AvgIpc) is 3.24. The molecule has 156 valence electrons. The van der Waals surface area contributed by atoms with E-state index in [4.69, 9.17) is 0 Å². The number of anilines is 1. The molecule has 6 nitrogen and oxygen atoms in total. The summed E-state index contributed by atoms with van der Waals surface area (Å²) in [5.74, 6) is -0.374. The van der Waals surface area contributed by atoms with Crippen molar-refractivity contribution in [1.82, 2.24) is 19.6 Å². The second kappa shape index (κ2) is 7.73. The number of carbonyl (C=O) groups is 1. The zero-order chi connectivity index (χ0) is 20.8. The van der Waals surface area contributed by atoms with E-state index >= 15 is 0 Å². The van der Waals surface area contributed by atoms with E-state index in [2.05, 4.69) is 20.6 Å². The minimum Gasteiger partial charge on any atom is -0.348 e. The van der Waals surface area contributed by atoms with Crippen LogP contribution in [0.25, 0.3) is 10.6 Å². The molecule has 2 aliphatic heterocycles. The molecular weight excluding hydrogens is 430 g/mol. The topological polar surface area (TPSA) is 70.2 Å². The minimum atomic E-state index is -4.66. The molecule has 4 rings (SSSR count). The SMILES string of the molecule is CSN1CCC(Nc2ncc(C(F)(F)F)c(-c3cc4c(s3)CNC4=O)n2)C(F)C1. The molecule has 1 amide bonds. The fourth-order valence-corrected chi connectivity index (χ4v) is 5.02. The van der Waals surface area contributed by atoms with Crippen LogP contribution in [0.15, 0.2) is 12.3 Å². The Morgan fingerprint density at radius 3 is 2.86 bits per heavy atom. The van der Waals surface area contributed by atoms with Crippen molar-refractivity contribution in [1.29, 1.82) is 0 Å². The van der Waals surface area contributed by atoms with E-state index in [0.29, 0.717) is 29.6 Å². The lowest BCUT2D eigenvalue weighted by molar-refractivity contribution is -0.137. The van der Waals surface area contributed by atoms with Gasteiger partial charge in [-0.3, -0.25) is 4.79 Å². The third kappa shape index (κ3) is 4.05. The van der Waals surface area contributed by atoms with Crippen molar-refractivity contribution in [3.63, 3.8) is 0 Å². The van der Waals surface area contributed by atoms with Gasteiger partial charge in [-0.1, -0.05) is 11.9 Å². The number of hydrogen-bond donors (Lipinski definition) is 2. The van der Waals surface area contributed by atoms with Crippen molar-refractivity contribution in [2.24, 2.45) is 0 Å². The molecule has 2 N–H and O–H groups in total. The molecule has 2 unspecified atom stereocenters. The molecule has 0 radical (unpaired) electrons. The quantitative estimate of drug-likeness (QED) is 0.552. The minimum absolute atomic E-state index is 0.0590. The largest absolute Gasteiger partial charge is 0.420 e. The molecule has 4 heterocycles. The molecular formula is C17H17F4N5OS2. The molecule has 2 aliphatic rings. The molecule has 1 saturated heterocycles. The summed E-state index contributed by atoms with van der Waals surface area (Å²) < 4.78 is 56.8. The summed E-state index contributed by atoms with van der Waals surface area (Å²) in [5.41, 5.74) is -0.934. The van der Waals surface area contributed by atoms with E-state index in [0.717, 1.165) is 11.3 Å². The lowest BCUT2D eigenvalue weighted by Crippen LogP contribution is -2.45. The van der Waals surface area contributed by atoms with Gasteiger partial charge in [-0.15, -0.1) is 11.3 Å². The number of rotatable bonds is 4. The van der Waals surface area contributed by atoms with Crippen LogP contribution in [0, 0.1) is 0 Å². The zero-order valence-corrected chi connectivity index (χ0v) is 16.8. The number of aromatic nitrogens is 2. The molecule has 2 aromatic rings. The Morgan fingerprint density at radius 1 is 1.41 bits per heavy atom. The average molecular weight is 447 g/mol. The van der Waals surface area contributed by atoms with Gasteiger partial charge in [0.1, 0.15) is 11.7 Å². The van der Waals surface area contributed by atoms with Crippen molar-refractivity contribution in [2.75, 3.05) is 24.7 Å². The Balaban J connectivity index is 1.65. The summed E-state index contributed by atoms with van der Waals surface area (Å²) in [4.78, 5) is 20.5. The molecule has 2 aromatic heterocycles. The Hall–Kier alpha value is -1.92. The summed E-state index contributed by atoms with van der Waals surface area (Å²) in [7, 11) is 0. The van der Waals surface area contributed by atoms with Crippen LogP contribution >= 0.6 is 23.3 Å². The first kappa shape index (κ1) is 20.4. The standard InChI is InChI=1S/C17H17F4N5OS2/c1-28-26-3-2-11(10(18)7-26)24-16-23-5-9(17(19,20)21)14(25-16)12-4-8-13(29-12)6-22-15(8)27/h4-5,10-11H,2-3,6-7H2,1H3,(H,22,27)(H,23,24,25). The van der Waals surface area contributed by atoms with E-state index < -0.39 is 24.0 Å². The maximum atomic E-state index is 14.4. The second-order valence-corrected chi connectivity index (χ2v) is 8.73. The third-order valence-corrected chi connectivity index (χ3v) is 6.86. The molecule has 12 heteroatoms. The maximum absolute atomic E-state index is 14.4. The summed E-state index contributed by atoms with van der Waals surface area (Å²) in [6, 6.07) is 0.834. The number of halogens is 4. The number of alkyl halides is 4. The van der Waals surface area contributed by atoms with Gasteiger partial charge in [0.05, 0.1) is 28.7 Å². The Bertz CT molecular complexity index is 935. The van der Waals surface area contributed by atoms with Gasteiger partial charge in [0.2, 0.25) is 5.95 Å². The maximum Gasteiger partial charge on any atom is 0.420 e. The molecule has 0 spiro atoms. The highest BCUT2D eigenvalue weighted by molar-refractivity contribution is 7.96. The number of amides is 1. The highest BCUT2D eigenvalue weighted by Gasteiger charge is 2.37. The molecule has 2 atom stereocenters. The van der Waals surface area contributed by atoms with Crippen LogP contribution in [0.4, 0.5) is 23.5 Å². The van der Waals surface area contributed by atoms with Gasteiger partial charge in [-0.05, 0) is 18.7 Å². The molecule has 0 bridgehead atoms. The number of hydrogen-bond acceptors (Lipinski definition) is 7. The fraction of sp³-hybridized carbons (Fsp3) is 0.471.